The number of benzene rings is 1. The molecule has 0 amide bonds. The van der Waals surface area contributed by atoms with Crippen LogP contribution in [-0.2, 0) is 6.18 Å². The van der Waals surface area contributed by atoms with Gasteiger partial charge in [0.2, 0.25) is 0 Å². The van der Waals surface area contributed by atoms with Gasteiger partial charge in [-0.05, 0) is 36.6 Å². The molecule has 1 nitrogen and oxygen atoms in total. The number of hydrogen-bond acceptors (Lipinski definition) is 1. The van der Waals surface area contributed by atoms with Crippen LogP contribution < -0.4 is 5.32 Å². The summed E-state index contributed by atoms with van der Waals surface area (Å²) in [7, 11) is 0. The third-order valence-electron chi connectivity index (χ3n) is 3.33. The molecule has 0 heterocycles. The Hall–Kier alpha value is -1.03. The molecule has 1 unspecified atom stereocenters. The van der Waals surface area contributed by atoms with Gasteiger partial charge in [0.25, 0.3) is 0 Å². The predicted molar refractivity (Wildman–Crippen MR) is 65.2 cm³/mol. The van der Waals surface area contributed by atoms with Crippen LogP contribution in [0.3, 0.4) is 0 Å². The molecule has 1 aliphatic carbocycles. The molecule has 1 N–H and O–H groups in total. The van der Waals surface area contributed by atoms with Gasteiger partial charge in [-0.15, -0.1) is 0 Å². The molecule has 0 radical (unpaired) electrons. The Morgan fingerprint density at radius 3 is 2.61 bits per heavy atom. The van der Waals surface area contributed by atoms with Crippen molar-refractivity contribution in [1.29, 1.82) is 0 Å². The van der Waals surface area contributed by atoms with E-state index in [1.54, 1.807) is 6.07 Å². The van der Waals surface area contributed by atoms with E-state index in [2.05, 4.69) is 5.32 Å². The fourth-order valence-corrected chi connectivity index (χ4v) is 2.20. The van der Waals surface area contributed by atoms with Gasteiger partial charge >= 0.3 is 6.18 Å². The fourth-order valence-electron chi connectivity index (χ4n) is 2.20. The molecule has 2 rings (SSSR count). The smallest absolute Gasteiger partial charge is 0.310 e. The summed E-state index contributed by atoms with van der Waals surface area (Å²) in [5.74, 6) is 0.684. The van der Waals surface area contributed by atoms with Crippen LogP contribution >= 0.6 is 0 Å². The zero-order chi connectivity index (χ0) is 13.2. The van der Waals surface area contributed by atoms with Gasteiger partial charge in [-0.2, -0.15) is 13.2 Å². The molecule has 18 heavy (non-hydrogen) atoms. The maximum absolute atomic E-state index is 12.7. The monoisotopic (exact) mass is 257 g/mol. The lowest BCUT2D eigenvalue weighted by atomic mass is 9.99. The summed E-state index contributed by atoms with van der Waals surface area (Å²) in [5, 5.41) is 3.28. The summed E-state index contributed by atoms with van der Waals surface area (Å²) in [5.41, 5.74) is 0.192. The van der Waals surface area contributed by atoms with E-state index in [1.165, 1.54) is 25.0 Å². The van der Waals surface area contributed by atoms with Crippen molar-refractivity contribution in [2.45, 2.75) is 38.4 Å². The lowest BCUT2D eigenvalue weighted by Crippen LogP contribution is -2.22. The van der Waals surface area contributed by atoms with Crippen molar-refractivity contribution in [1.82, 2.24) is 5.32 Å². The Morgan fingerprint density at radius 2 is 2.06 bits per heavy atom. The molecule has 0 aliphatic heterocycles. The van der Waals surface area contributed by atoms with Crippen molar-refractivity contribution in [3.63, 3.8) is 0 Å². The molecule has 0 bridgehead atoms. The van der Waals surface area contributed by atoms with E-state index in [9.17, 15) is 13.2 Å². The SMILES string of the molecule is CCNC(CC1CC1)c1cccc(C(F)(F)F)c1. The van der Waals surface area contributed by atoms with Crippen LogP contribution in [0, 0.1) is 5.92 Å². The van der Waals surface area contributed by atoms with Crippen molar-refractivity contribution in [2.24, 2.45) is 5.92 Å². The predicted octanol–water partition coefficient (Wildman–Crippen LogP) is 4.16. The highest BCUT2D eigenvalue weighted by Crippen LogP contribution is 2.38. The summed E-state index contributed by atoms with van der Waals surface area (Å²) in [6.45, 7) is 2.75. The molecule has 1 fully saturated rings. The lowest BCUT2D eigenvalue weighted by molar-refractivity contribution is -0.137. The van der Waals surface area contributed by atoms with E-state index in [0.29, 0.717) is 5.92 Å². The number of alkyl halides is 3. The highest BCUT2D eigenvalue weighted by molar-refractivity contribution is 5.28. The molecule has 0 spiro atoms. The second-order valence-corrected chi connectivity index (χ2v) is 4.91. The second kappa shape index (κ2) is 5.31. The molecule has 1 aliphatic rings. The van der Waals surface area contributed by atoms with Crippen LogP contribution in [0.5, 0.6) is 0 Å². The van der Waals surface area contributed by atoms with Crippen LogP contribution in [0.15, 0.2) is 24.3 Å². The standard InChI is InChI=1S/C14H18F3N/c1-2-18-13(8-10-6-7-10)11-4-3-5-12(9-11)14(15,16)17/h3-5,9-10,13,18H,2,6-8H2,1H3. The Morgan fingerprint density at radius 1 is 1.33 bits per heavy atom. The van der Waals surface area contributed by atoms with Crippen molar-refractivity contribution < 1.29 is 13.2 Å². The highest BCUT2D eigenvalue weighted by Gasteiger charge is 2.32. The normalized spacial score (nSPS) is 17.8. The topological polar surface area (TPSA) is 12.0 Å². The average molecular weight is 257 g/mol. The highest BCUT2D eigenvalue weighted by atomic mass is 19.4. The summed E-state index contributed by atoms with van der Waals surface area (Å²) >= 11 is 0. The Bertz CT molecular complexity index is 396. The second-order valence-electron chi connectivity index (χ2n) is 4.91. The number of rotatable bonds is 5. The van der Waals surface area contributed by atoms with Crippen molar-refractivity contribution in [3.05, 3.63) is 35.4 Å². The third-order valence-corrected chi connectivity index (χ3v) is 3.33. The molecular formula is C14H18F3N. The van der Waals surface area contributed by atoms with Crippen LogP contribution in [0.25, 0.3) is 0 Å². The minimum atomic E-state index is -4.26. The zero-order valence-electron chi connectivity index (χ0n) is 10.4. The van der Waals surface area contributed by atoms with E-state index >= 15 is 0 Å². The summed E-state index contributed by atoms with van der Waals surface area (Å²) in [4.78, 5) is 0. The van der Waals surface area contributed by atoms with Crippen molar-refractivity contribution in [3.8, 4) is 0 Å². The van der Waals surface area contributed by atoms with E-state index in [0.717, 1.165) is 24.6 Å². The lowest BCUT2D eigenvalue weighted by Gasteiger charge is -2.19. The molecule has 1 aromatic rings. The van der Waals surface area contributed by atoms with Gasteiger partial charge in [0, 0.05) is 6.04 Å². The Labute approximate surface area is 105 Å². The minimum Gasteiger partial charge on any atom is -0.310 e. The first kappa shape index (κ1) is 13.4. The molecule has 4 heteroatoms. The van der Waals surface area contributed by atoms with E-state index in [1.807, 2.05) is 6.92 Å². The molecule has 1 atom stereocenters. The maximum Gasteiger partial charge on any atom is 0.416 e. The van der Waals surface area contributed by atoms with Crippen molar-refractivity contribution in [2.75, 3.05) is 6.54 Å². The molecule has 1 saturated carbocycles. The van der Waals surface area contributed by atoms with Gasteiger partial charge < -0.3 is 5.32 Å². The fraction of sp³-hybridized carbons (Fsp3) is 0.571. The van der Waals surface area contributed by atoms with Gasteiger partial charge in [-0.25, -0.2) is 0 Å². The third kappa shape index (κ3) is 3.48. The van der Waals surface area contributed by atoms with E-state index < -0.39 is 11.7 Å². The van der Waals surface area contributed by atoms with Gasteiger partial charge in [-0.3, -0.25) is 0 Å². The minimum absolute atomic E-state index is 0.0461. The molecule has 0 aromatic heterocycles. The molecule has 0 saturated heterocycles. The van der Waals surface area contributed by atoms with Crippen LogP contribution in [0.1, 0.15) is 43.4 Å². The molecular weight excluding hydrogens is 239 g/mol. The largest absolute Gasteiger partial charge is 0.416 e. The van der Waals surface area contributed by atoms with E-state index in [4.69, 9.17) is 0 Å². The molecule has 1 aromatic carbocycles. The first-order chi connectivity index (χ1) is 8.50. The number of hydrogen-bond donors (Lipinski definition) is 1. The Balaban J connectivity index is 2.17. The van der Waals surface area contributed by atoms with Crippen LogP contribution in [-0.4, -0.2) is 6.54 Å². The first-order valence-electron chi connectivity index (χ1n) is 6.41. The zero-order valence-corrected chi connectivity index (χ0v) is 10.4. The van der Waals surface area contributed by atoms with Gasteiger partial charge in [0.1, 0.15) is 0 Å². The summed E-state index contributed by atoms with van der Waals surface area (Å²) in [6.07, 6.45) is -0.900. The van der Waals surface area contributed by atoms with Gasteiger partial charge in [0.05, 0.1) is 5.56 Å². The number of nitrogens with one attached hydrogen (secondary N) is 1. The van der Waals surface area contributed by atoms with Gasteiger partial charge in [0.15, 0.2) is 0 Å². The summed E-state index contributed by atoms with van der Waals surface area (Å²) in [6, 6.07) is 5.73. The van der Waals surface area contributed by atoms with Crippen LogP contribution in [0.4, 0.5) is 13.2 Å². The number of halogens is 3. The van der Waals surface area contributed by atoms with Gasteiger partial charge in [-0.1, -0.05) is 31.9 Å². The quantitative estimate of drug-likeness (QED) is 0.835. The Kier molecular flexibility index (Phi) is 3.95. The van der Waals surface area contributed by atoms with Crippen LogP contribution in [0.2, 0.25) is 0 Å². The summed E-state index contributed by atoms with van der Waals surface area (Å²) < 4.78 is 38.0. The van der Waals surface area contributed by atoms with Crippen molar-refractivity contribution >= 4 is 0 Å². The maximum atomic E-state index is 12.7. The average Bonchev–Trinajstić information content (AvgIpc) is 3.12. The van der Waals surface area contributed by atoms with E-state index in [-0.39, 0.29) is 6.04 Å². The first-order valence-corrected chi connectivity index (χ1v) is 6.41. The molecule has 100 valence electrons.